The molecule has 206 valence electrons. The van der Waals surface area contributed by atoms with E-state index in [2.05, 4.69) is 69.9 Å². The molecule has 0 unspecified atom stereocenters. The first-order valence-electron chi connectivity index (χ1n) is 15.0. The van der Waals surface area contributed by atoms with E-state index in [1.54, 1.807) is 0 Å². The number of hydrogen-bond acceptors (Lipinski definition) is 4. The van der Waals surface area contributed by atoms with Crippen LogP contribution in [0.3, 0.4) is 0 Å². The van der Waals surface area contributed by atoms with Gasteiger partial charge in [-0.05, 0) is 104 Å². The fraction of sp³-hybridized carbons (Fsp3) is 0.618. The lowest BCUT2D eigenvalue weighted by Crippen LogP contribution is -2.35. The third-order valence-corrected chi connectivity index (χ3v) is 10.6. The van der Waals surface area contributed by atoms with Gasteiger partial charge >= 0.3 is 0 Å². The zero-order valence-electron chi connectivity index (χ0n) is 23.6. The topological polar surface area (TPSA) is 73.6 Å². The van der Waals surface area contributed by atoms with Crippen LogP contribution in [0.25, 0.3) is 0 Å². The van der Waals surface area contributed by atoms with Crippen LogP contribution in [0.15, 0.2) is 65.8 Å². The van der Waals surface area contributed by atoms with Crippen LogP contribution in [0.1, 0.15) is 89.9 Å². The molecule has 1 aromatic heterocycles. The van der Waals surface area contributed by atoms with Crippen LogP contribution in [0.5, 0.6) is 0 Å². The van der Waals surface area contributed by atoms with Crippen molar-refractivity contribution >= 4 is 0 Å². The molecule has 0 aromatic carbocycles. The van der Waals surface area contributed by atoms with Crippen molar-refractivity contribution in [3.05, 3.63) is 77.2 Å². The summed E-state index contributed by atoms with van der Waals surface area (Å²) >= 11 is 0. The van der Waals surface area contributed by atoms with Crippen LogP contribution < -0.4 is 0 Å². The zero-order valence-corrected chi connectivity index (χ0v) is 23.6. The Morgan fingerprint density at radius 2 is 1.92 bits per heavy atom. The molecule has 38 heavy (non-hydrogen) atoms. The monoisotopic (exact) mass is 517 g/mol. The van der Waals surface area contributed by atoms with E-state index in [9.17, 15) is 15.3 Å². The van der Waals surface area contributed by atoms with E-state index in [4.69, 9.17) is 4.98 Å². The molecule has 3 N–H and O–H groups in total. The second-order valence-electron chi connectivity index (χ2n) is 12.9. The van der Waals surface area contributed by atoms with Gasteiger partial charge in [-0.25, -0.2) is 0 Å². The second kappa shape index (κ2) is 10.9. The SMILES string of the molecule is C=C1/C(=C\C=C2/CCC[C@]3(C)[C@@H]([C@H](C)/C=C/[C@H](O)C4(c5cccc(CC)n5)CC4)CC[C@@H]23)C[C@@H](O)C[C@@H]1O. The molecule has 4 aliphatic rings. The van der Waals surface area contributed by atoms with Crippen LogP contribution in [-0.2, 0) is 11.8 Å². The molecular weight excluding hydrogens is 470 g/mol. The summed E-state index contributed by atoms with van der Waals surface area (Å²) in [5, 5.41) is 31.6. The van der Waals surface area contributed by atoms with Gasteiger partial charge in [-0.15, -0.1) is 0 Å². The zero-order chi connectivity index (χ0) is 27.1. The van der Waals surface area contributed by atoms with Gasteiger partial charge in [-0.2, -0.15) is 0 Å². The molecule has 4 saturated carbocycles. The van der Waals surface area contributed by atoms with Gasteiger partial charge in [0.15, 0.2) is 0 Å². The van der Waals surface area contributed by atoms with Crippen molar-refractivity contribution in [3.8, 4) is 0 Å². The molecule has 4 aliphatic carbocycles. The fourth-order valence-electron chi connectivity index (χ4n) is 8.00. The minimum Gasteiger partial charge on any atom is -0.393 e. The normalized spacial score (nSPS) is 36.5. The van der Waals surface area contributed by atoms with Crippen LogP contribution in [0, 0.1) is 23.2 Å². The Kier molecular flexibility index (Phi) is 7.88. The minimum absolute atomic E-state index is 0.206. The molecule has 0 aliphatic heterocycles. The van der Waals surface area contributed by atoms with Gasteiger partial charge in [0.1, 0.15) is 0 Å². The lowest BCUT2D eigenvalue weighted by atomic mass is 9.61. The second-order valence-corrected chi connectivity index (χ2v) is 12.9. The predicted octanol–water partition coefficient (Wildman–Crippen LogP) is 6.37. The number of aliphatic hydroxyl groups is 3. The summed E-state index contributed by atoms with van der Waals surface area (Å²) in [4.78, 5) is 4.85. The van der Waals surface area contributed by atoms with Gasteiger partial charge in [0.05, 0.1) is 18.3 Å². The number of pyridine rings is 1. The molecule has 5 rings (SSSR count). The number of aliphatic hydroxyl groups excluding tert-OH is 3. The summed E-state index contributed by atoms with van der Waals surface area (Å²) in [5.41, 5.74) is 5.47. The largest absolute Gasteiger partial charge is 0.393 e. The van der Waals surface area contributed by atoms with Gasteiger partial charge in [0, 0.05) is 23.2 Å². The van der Waals surface area contributed by atoms with Crippen molar-refractivity contribution in [2.45, 2.75) is 109 Å². The van der Waals surface area contributed by atoms with E-state index < -0.39 is 18.3 Å². The maximum atomic E-state index is 11.3. The quantitative estimate of drug-likeness (QED) is 0.368. The highest BCUT2D eigenvalue weighted by molar-refractivity contribution is 5.39. The van der Waals surface area contributed by atoms with Crippen molar-refractivity contribution in [1.29, 1.82) is 0 Å². The van der Waals surface area contributed by atoms with Crippen LogP contribution in [0.2, 0.25) is 0 Å². The van der Waals surface area contributed by atoms with Crippen molar-refractivity contribution in [2.75, 3.05) is 0 Å². The van der Waals surface area contributed by atoms with Crippen molar-refractivity contribution < 1.29 is 15.3 Å². The average molecular weight is 518 g/mol. The maximum Gasteiger partial charge on any atom is 0.0832 e. The Bertz CT molecular complexity index is 1130. The van der Waals surface area contributed by atoms with E-state index in [0.717, 1.165) is 48.2 Å². The summed E-state index contributed by atoms with van der Waals surface area (Å²) in [6, 6.07) is 6.24. The molecule has 0 radical (unpaired) electrons. The molecule has 0 bridgehead atoms. The van der Waals surface area contributed by atoms with Gasteiger partial charge in [-0.1, -0.05) is 63.3 Å². The third kappa shape index (κ3) is 5.12. The first-order chi connectivity index (χ1) is 18.2. The molecule has 7 atom stereocenters. The molecule has 4 fully saturated rings. The van der Waals surface area contributed by atoms with Crippen molar-refractivity contribution in [2.24, 2.45) is 23.2 Å². The molecule has 0 amide bonds. The summed E-state index contributed by atoms with van der Waals surface area (Å²) < 4.78 is 0. The minimum atomic E-state index is -0.639. The van der Waals surface area contributed by atoms with Gasteiger partial charge < -0.3 is 15.3 Å². The van der Waals surface area contributed by atoms with Crippen LogP contribution in [-0.4, -0.2) is 38.6 Å². The lowest BCUT2D eigenvalue weighted by molar-refractivity contribution is 0.0862. The molecule has 4 nitrogen and oxygen atoms in total. The summed E-state index contributed by atoms with van der Waals surface area (Å²) in [5.74, 6) is 1.57. The summed E-state index contributed by atoms with van der Waals surface area (Å²) in [6.45, 7) is 11.0. The number of hydrogen-bond donors (Lipinski definition) is 3. The average Bonchev–Trinajstić information content (AvgIpc) is 3.64. The highest BCUT2D eigenvalue weighted by Crippen LogP contribution is 2.59. The smallest absolute Gasteiger partial charge is 0.0832 e. The number of rotatable bonds is 7. The Hall–Kier alpha value is -2.01. The number of fused-ring (bicyclic) bond motifs is 1. The maximum absolute atomic E-state index is 11.3. The van der Waals surface area contributed by atoms with Crippen molar-refractivity contribution in [3.63, 3.8) is 0 Å². The van der Waals surface area contributed by atoms with E-state index >= 15 is 0 Å². The molecule has 4 heteroatoms. The standard InChI is InChI=1S/C34H47NO3/c1-5-26-9-6-10-31(35-26)34(18-19-34)32(38)16-11-22(2)28-14-15-29-24(8-7-17-33(28,29)4)12-13-25-20-27(36)21-30(37)23(25)3/h6,9-13,16,22,27-30,32,36-38H,3,5,7-8,14-15,17-21H2,1-2,4H3/b16-11+,24-12+,25-13-/t22-,27-,28-,29+,30+,32+,33-/m1/s1. The molecule has 0 spiro atoms. The number of aromatic nitrogens is 1. The van der Waals surface area contributed by atoms with Crippen LogP contribution in [0.4, 0.5) is 0 Å². The summed E-state index contributed by atoms with van der Waals surface area (Å²) in [7, 11) is 0. The molecule has 1 aromatic rings. The highest BCUT2D eigenvalue weighted by atomic mass is 16.3. The Balaban J connectivity index is 1.29. The first-order valence-corrected chi connectivity index (χ1v) is 15.0. The number of aryl methyl sites for hydroxylation is 1. The lowest BCUT2D eigenvalue weighted by Gasteiger charge is -2.44. The Labute approximate surface area is 229 Å². The molecule has 1 heterocycles. The van der Waals surface area contributed by atoms with E-state index in [0.29, 0.717) is 30.6 Å². The fourth-order valence-corrected chi connectivity index (χ4v) is 8.00. The van der Waals surface area contributed by atoms with Gasteiger partial charge in [0.25, 0.3) is 0 Å². The Morgan fingerprint density at radius 3 is 2.66 bits per heavy atom. The molecular formula is C34H47NO3. The van der Waals surface area contributed by atoms with E-state index in [-0.39, 0.29) is 10.8 Å². The van der Waals surface area contributed by atoms with E-state index in [1.165, 1.54) is 31.3 Å². The number of allylic oxidation sites excluding steroid dienone is 4. The highest BCUT2D eigenvalue weighted by Gasteiger charge is 2.52. The molecule has 0 saturated heterocycles. The predicted molar refractivity (Wildman–Crippen MR) is 154 cm³/mol. The van der Waals surface area contributed by atoms with Gasteiger partial charge in [-0.3, -0.25) is 4.98 Å². The third-order valence-electron chi connectivity index (χ3n) is 10.6. The van der Waals surface area contributed by atoms with Crippen LogP contribution >= 0.6 is 0 Å². The Morgan fingerprint density at radius 1 is 1.13 bits per heavy atom. The summed E-state index contributed by atoms with van der Waals surface area (Å²) in [6.07, 6.45) is 17.0. The van der Waals surface area contributed by atoms with Crippen molar-refractivity contribution in [1.82, 2.24) is 4.98 Å². The van der Waals surface area contributed by atoms with Gasteiger partial charge in [0.2, 0.25) is 0 Å². The number of nitrogens with zero attached hydrogens (tertiary/aromatic N) is 1. The van der Waals surface area contributed by atoms with E-state index in [1.807, 2.05) is 0 Å². The first kappa shape index (κ1) is 27.6.